The topological polar surface area (TPSA) is 107 Å². The van der Waals surface area contributed by atoms with Crippen LogP contribution in [-0.4, -0.2) is 66.4 Å². The number of sulfonamides is 1. The zero-order valence-corrected chi connectivity index (χ0v) is 11.9. The average Bonchev–Trinajstić information content (AvgIpc) is 2.85. The average molecular weight is 294 g/mol. The summed E-state index contributed by atoms with van der Waals surface area (Å²) in [5.41, 5.74) is 0. The third kappa shape index (κ3) is 4.13. The number of nitrogens with one attached hydrogen (secondary N) is 1. The SMILES string of the molecule is CCCS(=O)(=O)N1CCCC1C(=O)NC(CO)CO. The number of aliphatic hydroxyl groups excluding tert-OH is 2. The molecule has 1 heterocycles. The van der Waals surface area contributed by atoms with Crippen LogP contribution in [0.3, 0.4) is 0 Å². The van der Waals surface area contributed by atoms with Gasteiger partial charge in [0.2, 0.25) is 15.9 Å². The van der Waals surface area contributed by atoms with Gasteiger partial charge in [0.25, 0.3) is 0 Å². The zero-order chi connectivity index (χ0) is 14.5. The fraction of sp³-hybridized carbons (Fsp3) is 0.909. The van der Waals surface area contributed by atoms with Crippen LogP contribution in [0.5, 0.6) is 0 Å². The minimum absolute atomic E-state index is 0.0280. The number of nitrogens with zero attached hydrogens (tertiary/aromatic N) is 1. The van der Waals surface area contributed by atoms with Crippen molar-refractivity contribution >= 4 is 15.9 Å². The van der Waals surface area contributed by atoms with Crippen molar-refractivity contribution in [3.05, 3.63) is 0 Å². The third-order valence-corrected chi connectivity index (χ3v) is 5.19. The molecule has 1 saturated heterocycles. The van der Waals surface area contributed by atoms with E-state index in [-0.39, 0.29) is 19.0 Å². The molecule has 7 nitrogen and oxygen atoms in total. The van der Waals surface area contributed by atoms with Crippen LogP contribution in [0.2, 0.25) is 0 Å². The Balaban J connectivity index is 2.73. The van der Waals surface area contributed by atoms with Gasteiger partial charge < -0.3 is 15.5 Å². The first-order chi connectivity index (χ1) is 8.96. The summed E-state index contributed by atoms with van der Waals surface area (Å²) in [6, 6.07) is -1.47. The van der Waals surface area contributed by atoms with E-state index in [9.17, 15) is 13.2 Å². The van der Waals surface area contributed by atoms with E-state index in [0.29, 0.717) is 25.8 Å². The van der Waals surface area contributed by atoms with Gasteiger partial charge in [-0.1, -0.05) is 6.92 Å². The summed E-state index contributed by atoms with van der Waals surface area (Å²) in [5.74, 6) is -0.425. The second-order valence-electron chi connectivity index (χ2n) is 4.66. The Labute approximate surface area is 113 Å². The molecule has 1 aliphatic heterocycles. The molecule has 8 heteroatoms. The van der Waals surface area contributed by atoms with Crippen LogP contribution in [0.1, 0.15) is 26.2 Å². The summed E-state index contributed by atoms with van der Waals surface area (Å²) in [4.78, 5) is 12.0. The molecule has 1 atom stereocenters. The predicted molar refractivity (Wildman–Crippen MR) is 69.9 cm³/mol. The maximum Gasteiger partial charge on any atom is 0.238 e. The van der Waals surface area contributed by atoms with Crippen molar-refractivity contribution in [2.45, 2.75) is 38.3 Å². The maximum absolute atomic E-state index is 12.0. The number of aliphatic hydroxyl groups is 2. The van der Waals surface area contributed by atoms with E-state index in [1.807, 2.05) is 0 Å². The number of carbonyl (C=O) groups excluding carboxylic acids is 1. The molecule has 1 rings (SSSR count). The lowest BCUT2D eigenvalue weighted by atomic mass is 10.2. The van der Waals surface area contributed by atoms with Crippen molar-refractivity contribution in [2.24, 2.45) is 0 Å². The lowest BCUT2D eigenvalue weighted by Gasteiger charge is -2.24. The molecule has 1 aliphatic rings. The Morgan fingerprint density at radius 1 is 1.42 bits per heavy atom. The molecule has 19 heavy (non-hydrogen) atoms. The maximum atomic E-state index is 12.0. The van der Waals surface area contributed by atoms with Gasteiger partial charge >= 0.3 is 0 Å². The van der Waals surface area contributed by atoms with E-state index in [1.165, 1.54) is 4.31 Å². The Kier molecular flexibility index (Phi) is 6.18. The van der Waals surface area contributed by atoms with Crippen LogP contribution >= 0.6 is 0 Å². The highest BCUT2D eigenvalue weighted by molar-refractivity contribution is 7.89. The second-order valence-corrected chi connectivity index (χ2v) is 6.70. The highest BCUT2D eigenvalue weighted by atomic mass is 32.2. The Morgan fingerprint density at radius 3 is 2.58 bits per heavy atom. The molecule has 1 amide bonds. The van der Waals surface area contributed by atoms with Gasteiger partial charge in [0.15, 0.2) is 0 Å². The molecule has 0 aromatic rings. The molecular formula is C11H22N2O5S. The summed E-state index contributed by atoms with van der Waals surface area (Å²) in [5, 5.41) is 20.3. The van der Waals surface area contributed by atoms with E-state index < -0.39 is 28.0 Å². The van der Waals surface area contributed by atoms with Crippen LogP contribution < -0.4 is 5.32 Å². The van der Waals surface area contributed by atoms with Gasteiger partial charge in [0.1, 0.15) is 6.04 Å². The number of amides is 1. The van der Waals surface area contributed by atoms with Crippen molar-refractivity contribution in [1.29, 1.82) is 0 Å². The van der Waals surface area contributed by atoms with Crippen LogP contribution in [0.25, 0.3) is 0 Å². The minimum atomic E-state index is -3.41. The lowest BCUT2D eigenvalue weighted by Crippen LogP contribution is -2.51. The molecule has 3 N–H and O–H groups in total. The third-order valence-electron chi connectivity index (χ3n) is 3.11. The van der Waals surface area contributed by atoms with Gasteiger partial charge in [-0.3, -0.25) is 4.79 Å². The molecule has 0 aliphatic carbocycles. The Hall–Kier alpha value is -0.700. The number of hydrogen-bond acceptors (Lipinski definition) is 5. The molecule has 0 bridgehead atoms. The monoisotopic (exact) mass is 294 g/mol. The van der Waals surface area contributed by atoms with Crippen molar-refractivity contribution < 1.29 is 23.4 Å². The first-order valence-corrected chi connectivity index (χ1v) is 8.08. The van der Waals surface area contributed by atoms with Gasteiger partial charge in [-0.15, -0.1) is 0 Å². The first-order valence-electron chi connectivity index (χ1n) is 6.47. The number of hydrogen-bond donors (Lipinski definition) is 3. The molecular weight excluding hydrogens is 272 g/mol. The summed E-state index contributed by atoms with van der Waals surface area (Å²) in [6.07, 6.45) is 1.62. The molecule has 0 saturated carbocycles. The van der Waals surface area contributed by atoms with E-state index in [4.69, 9.17) is 10.2 Å². The van der Waals surface area contributed by atoms with Gasteiger partial charge in [0.05, 0.1) is 25.0 Å². The molecule has 112 valence electrons. The molecule has 0 aromatic heterocycles. The van der Waals surface area contributed by atoms with E-state index in [2.05, 4.69) is 5.32 Å². The van der Waals surface area contributed by atoms with Crippen molar-refractivity contribution in [3.8, 4) is 0 Å². The van der Waals surface area contributed by atoms with Gasteiger partial charge in [0, 0.05) is 6.54 Å². The lowest BCUT2D eigenvalue weighted by molar-refractivity contribution is -0.125. The Morgan fingerprint density at radius 2 is 2.05 bits per heavy atom. The van der Waals surface area contributed by atoms with Gasteiger partial charge in [-0.05, 0) is 19.3 Å². The molecule has 0 radical (unpaired) electrons. The Bertz CT molecular complexity index is 394. The number of carbonyl (C=O) groups is 1. The van der Waals surface area contributed by atoms with Crippen LogP contribution in [0.15, 0.2) is 0 Å². The standard InChI is InChI=1S/C11H22N2O5S/c1-2-6-19(17,18)13-5-3-4-10(13)11(16)12-9(7-14)8-15/h9-10,14-15H,2-8H2,1H3,(H,12,16). The van der Waals surface area contributed by atoms with Crippen LogP contribution in [0, 0.1) is 0 Å². The fourth-order valence-electron chi connectivity index (χ4n) is 2.16. The highest BCUT2D eigenvalue weighted by Gasteiger charge is 2.38. The van der Waals surface area contributed by atoms with E-state index >= 15 is 0 Å². The normalized spacial score (nSPS) is 20.9. The molecule has 0 spiro atoms. The first kappa shape index (κ1) is 16.4. The summed E-state index contributed by atoms with van der Waals surface area (Å²) >= 11 is 0. The second kappa shape index (κ2) is 7.18. The smallest absolute Gasteiger partial charge is 0.238 e. The fourth-order valence-corrected chi connectivity index (χ4v) is 3.90. The van der Waals surface area contributed by atoms with Crippen LogP contribution in [-0.2, 0) is 14.8 Å². The zero-order valence-electron chi connectivity index (χ0n) is 11.1. The highest BCUT2D eigenvalue weighted by Crippen LogP contribution is 2.22. The summed E-state index contributed by atoms with van der Waals surface area (Å²) < 4.78 is 25.3. The largest absolute Gasteiger partial charge is 0.394 e. The molecule has 0 aromatic carbocycles. The van der Waals surface area contributed by atoms with Crippen LogP contribution in [0.4, 0.5) is 0 Å². The van der Waals surface area contributed by atoms with E-state index in [1.54, 1.807) is 6.92 Å². The summed E-state index contributed by atoms with van der Waals surface area (Å²) in [6.45, 7) is 1.37. The molecule has 1 fully saturated rings. The van der Waals surface area contributed by atoms with Crippen molar-refractivity contribution in [1.82, 2.24) is 9.62 Å². The predicted octanol–water partition coefficient (Wildman–Crippen LogP) is -1.34. The number of rotatable bonds is 7. The van der Waals surface area contributed by atoms with Crippen molar-refractivity contribution in [2.75, 3.05) is 25.5 Å². The van der Waals surface area contributed by atoms with Crippen molar-refractivity contribution in [3.63, 3.8) is 0 Å². The summed E-state index contributed by atoms with van der Waals surface area (Å²) in [7, 11) is -3.41. The van der Waals surface area contributed by atoms with E-state index in [0.717, 1.165) is 0 Å². The van der Waals surface area contributed by atoms with Gasteiger partial charge in [-0.25, -0.2) is 8.42 Å². The molecule has 1 unspecified atom stereocenters. The minimum Gasteiger partial charge on any atom is -0.394 e. The van der Waals surface area contributed by atoms with Gasteiger partial charge in [-0.2, -0.15) is 4.31 Å². The quantitative estimate of drug-likeness (QED) is 0.539.